The molecular formula is C22H19N3O2S. The minimum absolute atomic E-state index is 0.0976. The van der Waals surface area contributed by atoms with E-state index in [4.69, 9.17) is 0 Å². The van der Waals surface area contributed by atoms with Gasteiger partial charge in [-0.1, -0.05) is 18.1 Å². The van der Waals surface area contributed by atoms with Crippen LogP contribution in [0.4, 0.5) is 5.69 Å². The Morgan fingerprint density at radius 1 is 1.07 bits per heavy atom. The summed E-state index contributed by atoms with van der Waals surface area (Å²) in [6.45, 7) is 0.456. The SMILES string of the molecule is O=C(CCCNC(=O)c1ccsc1)Nc1cccc(C#Cc2ccccn2)c1. The third-order valence-electron chi connectivity index (χ3n) is 3.80. The molecule has 3 rings (SSSR count). The number of amides is 2. The maximum Gasteiger partial charge on any atom is 0.252 e. The largest absolute Gasteiger partial charge is 0.352 e. The highest BCUT2D eigenvalue weighted by atomic mass is 32.1. The number of carbonyl (C=O) groups excluding carboxylic acids is 2. The minimum Gasteiger partial charge on any atom is -0.352 e. The van der Waals surface area contributed by atoms with Crippen molar-refractivity contribution in [2.45, 2.75) is 12.8 Å². The molecule has 3 aromatic rings. The molecule has 0 aliphatic rings. The molecule has 2 amide bonds. The predicted molar refractivity (Wildman–Crippen MR) is 111 cm³/mol. The van der Waals surface area contributed by atoms with Gasteiger partial charge in [0.05, 0.1) is 0 Å². The van der Waals surface area contributed by atoms with Crippen molar-refractivity contribution in [2.75, 3.05) is 11.9 Å². The first-order valence-corrected chi connectivity index (χ1v) is 9.78. The van der Waals surface area contributed by atoms with Gasteiger partial charge in [0.25, 0.3) is 5.91 Å². The lowest BCUT2D eigenvalue weighted by atomic mass is 10.2. The van der Waals surface area contributed by atoms with Gasteiger partial charge in [-0.3, -0.25) is 9.59 Å². The van der Waals surface area contributed by atoms with E-state index in [1.807, 2.05) is 47.8 Å². The van der Waals surface area contributed by atoms with E-state index >= 15 is 0 Å². The van der Waals surface area contributed by atoms with Crippen molar-refractivity contribution in [2.24, 2.45) is 0 Å². The average molecular weight is 389 g/mol. The summed E-state index contributed by atoms with van der Waals surface area (Å²) in [4.78, 5) is 28.1. The number of hydrogen-bond donors (Lipinski definition) is 2. The summed E-state index contributed by atoms with van der Waals surface area (Å²) in [6.07, 6.45) is 2.60. The standard InChI is InChI=1S/C22H19N3O2S/c26-21(8-4-13-24-22(27)18-11-14-28-16-18)25-20-7-3-5-17(15-20)9-10-19-6-1-2-12-23-19/h1-3,5-7,11-12,14-16H,4,8,13H2,(H,24,27)(H,25,26). The van der Waals surface area contributed by atoms with E-state index in [-0.39, 0.29) is 11.8 Å². The molecule has 0 aliphatic heterocycles. The van der Waals surface area contributed by atoms with Crippen molar-refractivity contribution in [3.8, 4) is 11.8 Å². The number of thiophene rings is 1. The van der Waals surface area contributed by atoms with Gasteiger partial charge in [-0.2, -0.15) is 11.3 Å². The highest BCUT2D eigenvalue weighted by molar-refractivity contribution is 7.08. The summed E-state index contributed by atoms with van der Waals surface area (Å²) in [5.74, 6) is 5.83. The van der Waals surface area contributed by atoms with Gasteiger partial charge in [0.1, 0.15) is 5.69 Å². The van der Waals surface area contributed by atoms with E-state index < -0.39 is 0 Å². The van der Waals surface area contributed by atoms with Crippen molar-refractivity contribution in [1.82, 2.24) is 10.3 Å². The van der Waals surface area contributed by atoms with Crippen LogP contribution in [0.1, 0.15) is 34.5 Å². The summed E-state index contributed by atoms with van der Waals surface area (Å²) in [5.41, 5.74) is 2.84. The molecule has 2 heterocycles. The molecule has 0 saturated heterocycles. The van der Waals surface area contributed by atoms with Crippen LogP contribution >= 0.6 is 11.3 Å². The highest BCUT2D eigenvalue weighted by Gasteiger charge is 2.06. The lowest BCUT2D eigenvalue weighted by Gasteiger charge is -2.06. The number of nitrogens with zero attached hydrogens (tertiary/aromatic N) is 1. The summed E-state index contributed by atoms with van der Waals surface area (Å²) in [7, 11) is 0. The molecule has 0 bridgehead atoms. The monoisotopic (exact) mass is 389 g/mol. The number of carbonyl (C=O) groups is 2. The first-order chi connectivity index (χ1) is 13.7. The fraction of sp³-hybridized carbons (Fsp3) is 0.136. The maximum absolute atomic E-state index is 12.1. The van der Waals surface area contributed by atoms with Crippen LogP contribution in [0.15, 0.2) is 65.5 Å². The van der Waals surface area contributed by atoms with Crippen LogP contribution in [0.5, 0.6) is 0 Å². The van der Waals surface area contributed by atoms with Gasteiger partial charge in [0, 0.05) is 41.4 Å². The lowest BCUT2D eigenvalue weighted by Crippen LogP contribution is -2.25. The fourth-order valence-corrected chi connectivity index (χ4v) is 3.05. The smallest absolute Gasteiger partial charge is 0.252 e. The number of aromatic nitrogens is 1. The molecular weight excluding hydrogens is 370 g/mol. The van der Waals surface area contributed by atoms with Gasteiger partial charge >= 0.3 is 0 Å². The van der Waals surface area contributed by atoms with Gasteiger partial charge in [-0.25, -0.2) is 4.98 Å². The maximum atomic E-state index is 12.1. The molecule has 6 heteroatoms. The van der Waals surface area contributed by atoms with Crippen molar-refractivity contribution >= 4 is 28.8 Å². The van der Waals surface area contributed by atoms with Gasteiger partial charge in [0.15, 0.2) is 0 Å². The molecule has 0 spiro atoms. The number of hydrogen-bond acceptors (Lipinski definition) is 4. The second-order valence-electron chi connectivity index (χ2n) is 5.97. The Morgan fingerprint density at radius 3 is 2.79 bits per heavy atom. The number of pyridine rings is 1. The second-order valence-corrected chi connectivity index (χ2v) is 6.75. The molecule has 0 unspecified atom stereocenters. The Labute approximate surface area is 167 Å². The van der Waals surface area contributed by atoms with E-state index in [9.17, 15) is 9.59 Å². The summed E-state index contributed by atoms with van der Waals surface area (Å²) < 4.78 is 0. The molecule has 2 aromatic heterocycles. The van der Waals surface area contributed by atoms with Gasteiger partial charge < -0.3 is 10.6 Å². The van der Waals surface area contributed by atoms with Crippen molar-refractivity contribution in [3.63, 3.8) is 0 Å². The van der Waals surface area contributed by atoms with Crippen LogP contribution in [-0.2, 0) is 4.79 Å². The van der Waals surface area contributed by atoms with E-state index in [2.05, 4.69) is 27.5 Å². The Balaban J connectivity index is 1.45. The molecule has 1 aromatic carbocycles. The Bertz CT molecular complexity index is 989. The third-order valence-corrected chi connectivity index (χ3v) is 4.48. The molecule has 0 fully saturated rings. The average Bonchev–Trinajstić information content (AvgIpc) is 3.26. The van der Waals surface area contributed by atoms with Crippen molar-refractivity contribution in [3.05, 3.63) is 82.3 Å². The number of anilines is 1. The van der Waals surface area contributed by atoms with Crippen molar-refractivity contribution < 1.29 is 9.59 Å². The zero-order valence-corrected chi connectivity index (χ0v) is 16.0. The highest BCUT2D eigenvalue weighted by Crippen LogP contribution is 2.11. The molecule has 0 atom stereocenters. The van der Waals surface area contributed by atoms with E-state index in [1.54, 1.807) is 17.6 Å². The lowest BCUT2D eigenvalue weighted by molar-refractivity contribution is -0.116. The van der Waals surface area contributed by atoms with Crippen LogP contribution in [-0.4, -0.2) is 23.3 Å². The van der Waals surface area contributed by atoms with Gasteiger partial charge in [0.2, 0.25) is 5.91 Å². The van der Waals surface area contributed by atoms with Gasteiger partial charge in [-0.05, 0) is 54.1 Å². The zero-order chi connectivity index (χ0) is 19.6. The summed E-state index contributed by atoms with van der Waals surface area (Å²) >= 11 is 1.48. The second kappa shape index (κ2) is 10.0. The van der Waals surface area contributed by atoms with E-state index in [1.165, 1.54) is 11.3 Å². The van der Waals surface area contributed by atoms with Crippen molar-refractivity contribution in [1.29, 1.82) is 0 Å². The molecule has 140 valence electrons. The van der Waals surface area contributed by atoms with Crippen LogP contribution < -0.4 is 10.6 Å². The topological polar surface area (TPSA) is 71.1 Å². The molecule has 28 heavy (non-hydrogen) atoms. The minimum atomic E-state index is -0.110. The first kappa shape index (κ1) is 19.3. The van der Waals surface area contributed by atoms with E-state index in [0.717, 1.165) is 5.56 Å². The molecule has 0 aliphatic carbocycles. The van der Waals surface area contributed by atoms with Crippen LogP contribution in [0.2, 0.25) is 0 Å². The quantitative estimate of drug-likeness (QED) is 0.499. The Morgan fingerprint density at radius 2 is 2.00 bits per heavy atom. The summed E-state index contributed by atoms with van der Waals surface area (Å²) in [6, 6.07) is 14.7. The van der Waals surface area contributed by atoms with E-state index in [0.29, 0.717) is 36.3 Å². The van der Waals surface area contributed by atoms with Crippen LogP contribution in [0, 0.1) is 11.8 Å². The Hall–Kier alpha value is -3.43. The number of rotatable bonds is 6. The van der Waals surface area contributed by atoms with Gasteiger partial charge in [-0.15, -0.1) is 0 Å². The van der Waals surface area contributed by atoms with Crippen LogP contribution in [0.3, 0.4) is 0 Å². The predicted octanol–water partition coefficient (Wildman–Crippen LogP) is 3.69. The molecule has 2 N–H and O–H groups in total. The third kappa shape index (κ3) is 6.08. The fourth-order valence-electron chi connectivity index (χ4n) is 2.42. The van der Waals surface area contributed by atoms with Crippen LogP contribution in [0.25, 0.3) is 0 Å². The zero-order valence-electron chi connectivity index (χ0n) is 15.1. The first-order valence-electron chi connectivity index (χ1n) is 8.84. The Kier molecular flexibility index (Phi) is 6.94. The number of benzene rings is 1. The molecule has 0 radical (unpaired) electrons. The normalized spacial score (nSPS) is 9.86. The molecule has 5 nitrogen and oxygen atoms in total. The number of nitrogens with one attached hydrogen (secondary N) is 2. The summed E-state index contributed by atoms with van der Waals surface area (Å²) in [5, 5.41) is 9.33. The molecule has 0 saturated carbocycles.